The van der Waals surface area contributed by atoms with E-state index >= 15 is 0 Å². The summed E-state index contributed by atoms with van der Waals surface area (Å²) in [5.41, 5.74) is 0.417. The van der Waals surface area contributed by atoms with Gasteiger partial charge in [0.25, 0.3) is 0 Å². The predicted molar refractivity (Wildman–Crippen MR) is 90.6 cm³/mol. The molecule has 2 fully saturated rings. The van der Waals surface area contributed by atoms with Gasteiger partial charge in [0.15, 0.2) is 0 Å². The Morgan fingerprint density at radius 3 is 2.57 bits per heavy atom. The van der Waals surface area contributed by atoms with Crippen LogP contribution in [0.3, 0.4) is 0 Å². The summed E-state index contributed by atoms with van der Waals surface area (Å²) in [4.78, 5) is 0. The van der Waals surface area contributed by atoms with E-state index < -0.39 is 0 Å². The maximum atomic E-state index is 6.24. The average molecular weight is 296 g/mol. The first-order chi connectivity index (χ1) is 10.1. The van der Waals surface area contributed by atoms with Crippen LogP contribution >= 0.6 is 0 Å². The SMILES string of the molecule is CCCCC(CC)CC1(CNC(C)C)CCOC1C1CC1. The van der Waals surface area contributed by atoms with Crippen molar-refractivity contribution in [2.24, 2.45) is 17.3 Å². The molecule has 2 aliphatic rings. The van der Waals surface area contributed by atoms with Crippen molar-refractivity contribution in [2.45, 2.75) is 91.2 Å². The largest absolute Gasteiger partial charge is 0.377 e. The van der Waals surface area contributed by atoms with Crippen LogP contribution in [0.2, 0.25) is 0 Å². The lowest BCUT2D eigenvalue weighted by Crippen LogP contribution is -2.45. The molecular weight excluding hydrogens is 258 g/mol. The van der Waals surface area contributed by atoms with Gasteiger partial charge in [-0.25, -0.2) is 0 Å². The lowest BCUT2D eigenvalue weighted by Gasteiger charge is -2.38. The fourth-order valence-corrected chi connectivity index (χ4v) is 4.15. The average Bonchev–Trinajstić information content (AvgIpc) is 3.23. The number of hydrogen-bond donors (Lipinski definition) is 1. The van der Waals surface area contributed by atoms with Crippen molar-refractivity contribution < 1.29 is 4.74 Å². The summed E-state index contributed by atoms with van der Waals surface area (Å²) in [6.45, 7) is 11.4. The third-order valence-electron chi connectivity index (χ3n) is 5.65. The zero-order chi connectivity index (χ0) is 15.3. The summed E-state index contributed by atoms with van der Waals surface area (Å²) >= 11 is 0. The van der Waals surface area contributed by atoms with Gasteiger partial charge in [0.1, 0.15) is 0 Å². The van der Waals surface area contributed by atoms with E-state index in [1.165, 1.54) is 51.4 Å². The van der Waals surface area contributed by atoms with Crippen molar-refractivity contribution in [3.8, 4) is 0 Å². The molecule has 0 radical (unpaired) electrons. The summed E-state index contributed by atoms with van der Waals surface area (Å²) in [6, 6.07) is 0.582. The molecule has 0 aromatic rings. The molecular formula is C19H37NO. The Morgan fingerprint density at radius 2 is 2.00 bits per heavy atom. The monoisotopic (exact) mass is 295 g/mol. The van der Waals surface area contributed by atoms with Crippen molar-refractivity contribution in [3.05, 3.63) is 0 Å². The molecule has 2 nitrogen and oxygen atoms in total. The van der Waals surface area contributed by atoms with Gasteiger partial charge >= 0.3 is 0 Å². The van der Waals surface area contributed by atoms with Gasteiger partial charge in [-0.1, -0.05) is 53.4 Å². The standard InChI is InChI=1S/C19H37NO/c1-5-7-8-16(6-2)13-19(14-20-15(3)4)11-12-21-18(19)17-9-10-17/h15-18,20H,5-14H2,1-4H3. The van der Waals surface area contributed by atoms with Crippen LogP contribution < -0.4 is 5.32 Å². The number of ether oxygens (including phenoxy) is 1. The molecule has 1 saturated carbocycles. The first kappa shape index (κ1) is 17.3. The smallest absolute Gasteiger partial charge is 0.0672 e. The minimum absolute atomic E-state index is 0.417. The van der Waals surface area contributed by atoms with Crippen molar-refractivity contribution in [3.63, 3.8) is 0 Å². The maximum absolute atomic E-state index is 6.24. The Kier molecular flexibility index (Phi) is 6.55. The van der Waals surface area contributed by atoms with Crippen molar-refractivity contribution in [1.29, 1.82) is 0 Å². The first-order valence-corrected chi connectivity index (χ1v) is 9.46. The quantitative estimate of drug-likeness (QED) is 0.626. The molecule has 3 atom stereocenters. The van der Waals surface area contributed by atoms with E-state index in [-0.39, 0.29) is 0 Å². The molecule has 0 aromatic heterocycles. The van der Waals surface area contributed by atoms with E-state index in [0.717, 1.165) is 25.0 Å². The van der Waals surface area contributed by atoms with Crippen LogP contribution in [0.25, 0.3) is 0 Å². The minimum Gasteiger partial charge on any atom is -0.377 e. The lowest BCUT2D eigenvalue weighted by atomic mass is 9.70. The number of nitrogens with one attached hydrogen (secondary N) is 1. The zero-order valence-electron chi connectivity index (χ0n) is 14.8. The highest BCUT2D eigenvalue weighted by Gasteiger charge is 2.51. The van der Waals surface area contributed by atoms with Crippen LogP contribution in [0.1, 0.15) is 79.1 Å². The second kappa shape index (κ2) is 7.97. The Labute approximate surface area is 132 Å². The topological polar surface area (TPSA) is 21.3 Å². The van der Waals surface area contributed by atoms with Crippen LogP contribution in [0, 0.1) is 17.3 Å². The second-order valence-corrected chi connectivity index (χ2v) is 7.90. The number of unbranched alkanes of at least 4 members (excludes halogenated alkanes) is 1. The van der Waals surface area contributed by atoms with Gasteiger partial charge in [0.05, 0.1) is 6.10 Å². The highest BCUT2D eigenvalue weighted by molar-refractivity contribution is 5.01. The molecule has 0 spiro atoms. The molecule has 2 heteroatoms. The summed E-state index contributed by atoms with van der Waals surface area (Å²) in [7, 11) is 0. The van der Waals surface area contributed by atoms with Crippen molar-refractivity contribution in [1.82, 2.24) is 5.32 Å². The summed E-state index contributed by atoms with van der Waals surface area (Å²) in [5.74, 6) is 1.76. The molecule has 0 aromatic carbocycles. The van der Waals surface area contributed by atoms with Crippen molar-refractivity contribution in [2.75, 3.05) is 13.2 Å². The van der Waals surface area contributed by atoms with E-state index in [9.17, 15) is 0 Å². The lowest BCUT2D eigenvalue weighted by molar-refractivity contribution is 0.0164. The molecule has 2 rings (SSSR count). The van der Waals surface area contributed by atoms with Crippen LogP contribution in [-0.2, 0) is 4.74 Å². The highest BCUT2D eigenvalue weighted by Crippen LogP contribution is 2.51. The summed E-state index contributed by atoms with van der Waals surface area (Å²) in [6.07, 6.45) is 11.5. The second-order valence-electron chi connectivity index (χ2n) is 7.90. The normalized spacial score (nSPS) is 31.0. The van der Waals surface area contributed by atoms with Gasteiger partial charge in [-0.15, -0.1) is 0 Å². The minimum atomic E-state index is 0.417. The van der Waals surface area contributed by atoms with Crippen LogP contribution in [0.4, 0.5) is 0 Å². The fraction of sp³-hybridized carbons (Fsp3) is 1.00. The van der Waals surface area contributed by atoms with Gasteiger partial charge in [-0.3, -0.25) is 0 Å². The fourth-order valence-electron chi connectivity index (χ4n) is 4.15. The number of hydrogen-bond acceptors (Lipinski definition) is 2. The van der Waals surface area contributed by atoms with E-state index in [1.54, 1.807) is 0 Å². The molecule has 1 aliphatic heterocycles. The highest BCUT2D eigenvalue weighted by atomic mass is 16.5. The molecule has 1 saturated heterocycles. The third-order valence-corrected chi connectivity index (χ3v) is 5.65. The Morgan fingerprint density at radius 1 is 1.24 bits per heavy atom. The van der Waals surface area contributed by atoms with E-state index in [2.05, 4.69) is 33.0 Å². The zero-order valence-corrected chi connectivity index (χ0v) is 14.8. The van der Waals surface area contributed by atoms with E-state index in [1.807, 2.05) is 0 Å². The predicted octanol–water partition coefficient (Wildman–Crippen LogP) is 4.78. The van der Waals surface area contributed by atoms with Gasteiger partial charge < -0.3 is 10.1 Å². The maximum Gasteiger partial charge on any atom is 0.0672 e. The van der Waals surface area contributed by atoms with Crippen LogP contribution in [-0.4, -0.2) is 25.3 Å². The Hall–Kier alpha value is -0.0800. The van der Waals surface area contributed by atoms with E-state index in [4.69, 9.17) is 4.74 Å². The van der Waals surface area contributed by atoms with Gasteiger partial charge in [0.2, 0.25) is 0 Å². The van der Waals surface area contributed by atoms with Gasteiger partial charge in [-0.2, -0.15) is 0 Å². The van der Waals surface area contributed by atoms with E-state index in [0.29, 0.717) is 17.6 Å². The molecule has 21 heavy (non-hydrogen) atoms. The summed E-state index contributed by atoms with van der Waals surface area (Å²) in [5, 5.41) is 3.75. The molecule has 0 bridgehead atoms. The first-order valence-electron chi connectivity index (χ1n) is 9.46. The molecule has 3 unspecified atom stereocenters. The Bertz CT molecular complexity index is 300. The molecule has 0 amide bonds. The van der Waals surface area contributed by atoms with Crippen molar-refractivity contribution >= 4 is 0 Å². The molecule has 1 aliphatic carbocycles. The Balaban J connectivity index is 2.03. The summed E-state index contributed by atoms with van der Waals surface area (Å²) < 4.78 is 6.24. The van der Waals surface area contributed by atoms with Crippen LogP contribution in [0.15, 0.2) is 0 Å². The molecule has 1 N–H and O–H groups in total. The molecule has 1 heterocycles. The van der Waals surface area contributed by atoms with Gasteiger partial charge in [0, 0.05) is 24.6 Å². The van der Waals surface area contributed by atoms with Gasteiger partial charge in [-0.05, 0) is 37.5 Å². The van der Waals surface area contributed by atoms with Crippen LogP contribution in [0.5, 0.6) is 0 Å². The molecule has 124 valence electrons. The third kappa shape index (κ3) is 4.69. The number of rotatable bonds is 10.